The Balaban J connectivity index is 2.36. The number of hydrogen-bond acceptors (Lipinski definition) is 2. The SMILES string of the molecule is CC(C)CCCC(C)C1C(=O)CCC1=O. The maximum atomic E-state index is 11.5. The molecule has 86 valence electrons. The van der Waals surface area contributed by atoms with Gasteiger partial charge in [0.15, 0.2) is 0 Å². The third-order valence-corrected chi connectivity index (χ3v) is 3.32. The molecule has 0 aromatic carbocycles. The molecule has 1 rings (SSSR count). The summed E-state index contributed by atoms with van der Waals surface area (Å²) >= 11 is 0. The molecule has 0 bridgehead atoms. The highest BCUT2D eigenvalue weighted by Crippen LogP contribution is 2.28. The summed E-state index contributed by atoms with van der Waals surface area (Å²) in [6.45, 7) is 6.46. The maximum absolute atomic E-state index is 11.5. The molecule has 1 aliphatic carbocycles. The van der Waals surface area contributed by atoms with E-state index in [1.54, 1.807) is 0 Å². The molecule has 0 saturated heterocycles. The monoisotopic (exact) mass is 210 g/mol. The summed E-state index contributed by atoms with van der Waals surface area (Å²) in [5.41, 5.74) is 0. The molecule has 1 saturated carbocycles. The van der Waals surface area contributed by atoms with Gasteiger partial charge in [-0.05, 0) is 18.3 Å². The molecule has 1 unspecified atom stereocenters. The van der Waals surface area contributed by atoms with Crippen LogP contribution < -0.4 is 0 Å². The van der Waals surface area contributed by atoms with E-state index in [2.05, 4.69) is 13.8 Å². The molecule has 0 amide bonds. The summed E-state index contributed by atoms with van der Waals surface area (Å²) in [6.07, 6.45) is 4.31. The van der Waals surface area contributed by atoms with Crippen molar-refractivity contribution >= 4 is 11.6 Å². The van der Waals surface area contributed by atoms with Crippen LogP contribution >= 0.6 is 0 Å². The fourth-order valence-corrected chi connectivity index (χ4v) is 2.39. The second-order valence-corrected chi connectivity index (χ2v) is 5.21. The van der Waals surface area contributed by atoms with Crippen molar-refractivity contribution in [2.75, 3.05) is 0 Å². The lowest BCUT2D eigenvalue weighted by Crippen LogP contribution is -2.22. The van der Waals surface area contributed by atoms with Gasteiger partial charge in [-0.15, -0.1) is 0 Å². The summed E-state index contributed by atoms with van der Waals surface area (Å²) in [5.74, 6) is 1.06. The largest absolute Gasteiger partial charge is 0.299 e. The molecule has 1 fully saturated rings. The molecule has 2 nitrogen and oxygen atoms in total. The van der Waals surface area contributed by atoms with Gasteiger partial charge in [0.25, 0.3) is 0 Å². The lowest BCUT2D eigenvalue weighted by atomic mass is 9.86. The number of hydrogen-bond donors (Lipinski definition) is 0. The van der Waals surface area contributed by atoms with Gasteiger partial charge >= 0.3 is 0 Å². The fraction of sp³-hybridized carbons (Fsp3) is 0.846. The van der Waals surface area contributed by atoms with E-state index in [0.29, 0.717) is 18.8 Å². The predicted molar refractivity (Wildman–Crippen MR) is 60.6 cm³/mol. The lowest BCUT2D eigenvalue weighted by Gasteiger charge is -2.16. The van der Waals surface area contributed by atoms with Crippen molar-refractivity contribution in [1.82, 2.24) is 0 Å². The van der Waals surface area contributed by atoms with Crippen molar-refractivity contribution in [3.8, 4) is 0 Å². The molecule has 1 atom stereocenters. The Kier molecular flexibility index (Phi) is 4.49. The fourth-order valence-electron chi connectivity index (χ4n) is 2.39. The molecule has 0 N–H and O–H groups in total. The Labute approximate surface area is 92.4 Å². The molecule has 0 radical (unpaired) electrons. The van der Waals surface area contributed by atoms with Crippen LogP contribution in [0.4, 0.5) is 0 Å². The van der Waals surface area contributed by atoms with Crippen molar-refractivity contribution in [3.05, 3.63) is 0 Å². The van der Waals surface area contributed by atoms with Crippen LogP contribution in [0.15, 0.2) is 0 Å². The smallest absolute Gasteiger partial charge is 0.144 e. The molecular weight excluding hydrogens is 188 g/mol. The van der Waals surface area contributed by atoms with Crippen molar-refractivity contribution in [3.63, 3.8) is 0 Å². The first-order valence-corrected chi connectivity index (χ1v) is 6.07. The minimum absolute atomic E-state index is 0.178. The summed E-state index contributed by atoms with van der Waals surface area (Å²) in [6, 6.07) is 0. The second kappa shape index (κ2) is 5.43. The molecule has 2 heteroatoms. The van der Waals surface area contributed by atoms with E-state index < -0.39 is 0 Å². The van der Waals surface area contributed by atoms with E-state index in [1.165, 1.54) is 6.42 Å². The zero-order valence-corrected chi connectivity index (χ0v) is 10.1. The average molecular weight is 210 g/mol. The van der Waals surface area contributed by atoms with Crippen LogP contribution in [-0.2, 0) is 9.59 Å². The summed E-state index contributed by atoms with van der Waals surface area (Å²) in [4.78, 5) is 23.0. The molecule has 0 aromatic rings. The van der Waals surface area contributed by atoms with Crippen molar-refractivity contribution in [1.29, 1.82) is 0 Å². The lowest BCUT2D eigenvalue weighted by molar-refractivity contribution is -0.129. The molecular formula is C13H22O2. The van der Waals surface area contributed by atoms with E-state index in [4.69, 9.17) is 0 Å². The minimum Gasteiger partial charge on any atom is -0.299 e. The zero-order valence-electron chi connectivity index (χ0n) is 10.1. The van der Waals surface area contributed by atoms with Gasteiger partial charge in [-0.25, -0.2) is 0 Å². The van der Waals surface area contributed by atoms with Crippen molar-refractivity contribution in [2.24, 2.45) is 17.8 Å². The summed E-state index contributed by atoms with van der Waals surface area (Å²) in [5, 5.41) is 0. The van der Waals surface area contributed by atoms with Gasteiger partial charge < -0.3 is 0 Å². The Bertz CT molecular complexity index is 227. The third-order valence-electron chi connectivity index (χ3n) is 3.32. The van der Waals surface area contributed by atoms with Crippen LogP contribution in [-0.4, -0.2) is 11.6 Å². The highest BCUT2D eigenvalue weighted by atomic mass is 16.2. The first-order valence-electron chi connectivity index (χ1n) is 6.07. The van der Waals surface area contributed by atoms with Gasteiger partial charge in [0, 0.05) is 12.8 Å². The van der Waals surface area contributed by atoms with Crippen LogP contribution in [0.1, 0.15) is 52.9 Å². The van der Waals surface area contributed by atoms with Crippen LogP contribution in [0.2, 0.25) is 0 Å². The van der Waals surface area contributed by atoms with Crippen molar-refractivity contribution in [2.45, 2.75) is 52.9 Å². The zero-order chi connectivity index (χ0) is 11.4. The van der Waals surface area contributed by atoms with Crippen molar-refractivity contribution < 1.29 is 9.59 Å². The molecule has 0 aromatic heterocycles. The topological polar surface area (TPSA) is 34.1 Å². The van der Waals surface area contributed by atoms with Crippen LogP contribution in [0, 0.1) is 17.8 Å². The predicted octanol–water partition coefficient (Wildman–Crippen LogP) is 3.00. The number of rotatable bonds is 5. The first kappa shape index (κ1) is 12.4. The Morgan fingerprint density at radius 1 is 1.07 bits per heavy atom. The minimum atomic E-state index is -0.267. The third kappa shape index (κ3) is 3.44. The molecule has 1 aliphatic rings. The highest BCUT2D eigenvalue weighted by Gasteiger charge is 2.36. The van der Waals surface area contributed by atoms with Gasteiger partial charge in [0.2, 0.25) is 0 Å². The maximum Gasteiger partial charge on any atom is 0.144 e. The van der Waals surface area contributed by atoms with E-state index in [9.17, 15) is 9.59 Å². The Morgan fingerprint density at radius 2 is 1.60 bits per heavy atom. The number of carbonyl (C=O) groups is 2. The first-order chi connectivity index (χ1) is 7.02. The van der Waals surface area contributed by atoms with Crippen LogP contribution in [0.25, 0.3) is 0 Å². The van der Waals surface area contributed by atoms with E-state index in [-0.39, 0.29) is 23.4 Å². The number of ketones is 2. The van der Waals surface area contributed by atoms with Gasteiger partial charge in [-0.1, -0.05) is 33.6 Å². The normalized spacial score (nSPS) is 20.3. The van der Waals surface area contributed by atoms with Gasteiger partial charge in [-0.2, -0.15) is 0 Å². The van der Waals surface area contributed by atoms with Gasteiger partial charge in [0.1, 0.15) is 11.6 Å². The van der Waals surface area contributed by atoms with E-state index in [0.717, 1.165) is 12.8 Å². The molecule has 15 heavy (non-hydrogen) atoms. The Morgan fingerprint density at radius 3 is 2.07 bits per heavy atom. The highest BCUT2D eigenvalue weighted by molar-refractivity contribution is 6.08. The van der Waals surface area contributed by atoms with Gasteiger partial charge in [-0.3, -0.25) is 9.59 Å². The molecule has 0 spiro atoms. The number of Topliss-reactive ketones (excluding diaryl/α,β-unsaturated/α-hetero) is 2. The van der Waals surface area contributed by atoms with Crippen LogP contribution in [0.5, 0.6) is 0 Å². The second-order valence-electron chi connectivity index (χ2n) is 5.21. The summed E-state index contributed by atoms with van der Waals surface area (Å²) < 4.78 is 0. The molecule has 0 aliphatic heterocycles. The molecule has 0 heterocycles. The Hall–Kier alpha value is -0.660. The quantitative estimate of drug-likeness (QED) is 0.654. The summed E-state index contributed by atoms with van der Waals surface area (Å²) in [7, 11) is 0. The standard InChI is InChI=1S/C13H22O2/c1-9(2)5-4-6-10(3)13-11(14)7-8-12(13)15/h9-10,13H,4-8H2,1-3H3. The van der Waals surface area contributed by atoms with Crippen LogP contribution in [0.3, 0.4) is 0 Å². The van der Waals surface area contributed by atoms with E-state index in [1.807, 2.05) is 6.92 Å². The number of carbonyl (C=O) groups excluding carboxylic acids is 2. The average Bonchev–Trinajstić information content (AvgIpc) is 2.45. The van der Waals surface area contributed by atoms with Gasteiger partial charge in [0.05, 0.1) is 5.92 Å². The van der Waals surface area contributed by atoms with E-state index >= 15 is 0 Å².